The van der Waals surface area contributed by atoms with Crippen molar-refractivity contribution in [1.29, 1.82) is 0 Å². The van der Waals surface area contributed by atoms with E-state index in [0.717, 1.165) is 25.3 Å². The summed E-state index contributed by atoms with van der Waals surface area (Å²) in [5, 5.41) is 11.4. The van der Waals surface area contributed by atoms with Crippen LogP contribution in [0.3, 0.4) is 0 Å². The first-order valence-corrected chi connectivity index (χ1v) is 4.40. The number of carboxylic acid groups (broad SMARTS) is 1. The number of nitrogens with one attached hydrogen (secondary N) is 1. The Morgan fingerprint density at radius 2 is 2.38 bits per heavy atom. The highest BCUT2D eigenvalue weighted by Crippen LogP contribution is 2.21. The van der Waals surface area contributed by atoms with Crippen molar-refractivity contribution in [1.82, 2.24) is 5.32 Å². The van der Waals surface area contributed by atoms with Gasteiger partial charge in [0.1, 0.15) is 0 Å². The van der Waals surface area contributed by atoms with Gasteiger partial charge in [0.25, 0.3) is 0 Å². The monoisotopic (exact) mass is 185 g/mol. The average Bonchev–Trinajstić information content (AvgIpc) is 2.52. The lowest BCUT2D eigenvalue weighted by molar-refractivity contribution is -0.131. The van der Waals surface area contributed by atoms with Crippen LogP contribution in [0, 0.1) is 0 Å². The molecule has 0 bridgehead atoms. The first-order chi connectivity index (χ1) is 6.22. The van der Waals surface area contributed by atoms with Crippen molar-refractivity contribution in [3.63, 3.8) is 0 Å². The van der Waals surface area contributed by atoms with Gasteiger partial charge in [-0.1, -0.05) is 0 Å². The van der Waals surface area contributed by atoms with Crippen molar-refractivity contribution in [3.8, 4) is 0 Å². The van der Waals surface area contributed by atoms with E-state index in [1.54, 1.807) is 7.11 Å². The highest BCUT2D eigenvalue weighted by Gasteiger charge is 2.22. The maximum absolute atomic E-state index is 10.1. The maximum Gasteiger partial charge on any atom is 0.329 e. The first-order valence-electron chi connectivity index (χ1n) is 4.40. The van der Waals surface area contributed by atoms with Gasteiger partial charge in [-0.25, -0.2) is 4.79 Å². The van der Waals surface area contributed by atoms with Gasteiger partial charge < -0.3 is 15.2 Å². The molecule has 74 valence electrons. The second-order valence-corrected chi connectivity index (χ2v) is 3.21. The van der Waals surface area contributed by atoms with Crippen molar-refractivity contribution in [3.05, 3.63) is 12.3 Å². The van der Waals surface area contributed by atoms with Gasteiger partial charge in [-0.2, -0.15) is 0 Å². The normalized spacial score (nSPS) is 28.1. The lowest BCUT2D eigenvalue weighted by atomic mass is 10.2. The molecule has 2 unspecified atom stereocenters. The molecule has 13 heavy (non-hydrogen) atoms. The zero-order valence-electron chi connectivity index (χ0n) is 7.69. The Morgan fingerprint density at radius 1 is 1.62 bits per heavy atom. The van der Waals surface area contributed by atoms with Crippen molar-refractivity contribution in [2.45, 2.75) is 31.4 Å². The summed E-state index contributed by atoms with van der Waals surface area (Å²) >= 11 is 0. The molecule has 1 saturated carbocycles. The minimum absolute atomic E-state index is 0.329. The molecular weight excluding hydrogens is 170 g/mol. The molecule has 0 amide bonds. The standard InChI is InChI=1S/C9H15NO3/c1-13-8-3-2-7(6-8)10-5-4-9(11)12/h4-5,7-8,10H,2-3,6H2,1H3,(H,11,12)/b5-4+. The van der Waals surface area contributed by atoms with Gasteiger partial charge >= 0.3 is 5.97 Å². The molecule has 1 rings (SSSR count). The molecule has 4 heteroatoms. The Kier molecular flexibility index (Phi) is 3.76. The van der Waals surface area contributed by atoms with Gasteiger partial charge in [0.2, 0.25) is 0 Å². The van der Waals surface area contributed by atoms with Crippen molar-refractivity contribution in [2.24, 2.45) is 0 Å². The molecule has 0 radical (unpaired) electrons. The van der Waals surface area contributed by atoms with Crippen LogP contribution in [0.5, 0.6) is 0 Å². The van der Waals surface area contributed by atoms with Crippen molar-refractivity contribution >= 4 is 5.97 Å². The van der Waals surface area contributed by atoms with Gasteiger partial charge in [0.15, 0.2) is 0 Å². The van der Waals surface area contributed by atoms with E-state index in [0.29, 0.717) is 12.1 Å². The molecule has 2 atom stereocenters. The van der Waals surface area contributed by atoms with Gasteiger partial charge in [-0.15, -0.1) is 0 Å². The van der Waals surface area contributed by atoms with Crippen LogP contribution in [-0.4, -0.2) is 30.3 Å². The predicted octanol–water partition coefficient (Wildman–Crippen LogP) is 0.742. The van der Waals surface area contributed by atoms with Crippen molar-refractivity contribution < 1.29 is 14.6 Å². The Bertz CT molecular complexity index is 203. The fourth-order valence-electron chi connectivity index (χ4n) is 1.56. The summed E-state index contributed by atoms with van der Waals surface area (Å²) in [6.07, 6.45) is 5.99. The number of carbonyl (C=O) groups is 1. The zero-order chi connectivity index (χ0) is 9.68. The minimum Gasteiger partial charge on any atom is -0.478 e. The van der Waals surface area contributed by atoms with Crippen LogP contribution in [0.4, 0.5) is 0 Å². The fourth-order valence-corrected chi connectivity index (χ4v) is 1.56. The Balaban J connectivity index is 2.20. The van der Waals surface area contributed by atoms with Crippen LogP contribution in [0.2, 0.25) is 0 Å². The smallest absolute Gasteiger partial charge is 0.329 e. The maximum atomic E-state index is 10.1. The van der Waals surface area contributed by atoms with Crippen molar-refractivity contribution in [2.75, 3.05) is 7.11 Å². The summed E-state index contributed by atoms with van der Waals surface area (Å²) in [7, 11) is 1.71. The van der Waals surface area contributed by atoms with E-state index in [1.165, 1.54) is 6.20 Å². The molecule has 0 heterocycles. The Labute approximate surface area is 77.6 Å². The molecule has 0 saturated heterocycles. The summed E-state index contributed by atoms with van der Waals surface area (Å²) in [4.78, 5) is 10.1. The van der Waals surface area contributed by atoms with Gasteiger partial charge in [0.05, 0.1) is 6.10 Å². The van der Waals surface area contributed by atoms with Crippen LogP contribution in [0.25, 0.3) is 0 Å². The third kappa shape index (κ3) is 3.46. The number of rotatable bonds is 4. The lowest BCUT2D eigenvalue weighted by Crippen LogP contribution is -2.22. The summed E-state index contributed by atoms with van der Waals surface area (Å²) in [6, 6.07) is 0.362. The van der Waals surface area contributed by atoms with Gasteiger partial charge in [0, 0.05) is 25.4 Å². The fraction of sp³-hybridized carbons (Fsp3) is 0.667. The lowest BCUT2D eigenvalue weighted by Gasteiger charge is -2.09. The molecule has 2 N–H and O–H groups in total. The average molecular weight is 185 g/mol. The Morgan fingerprint density at radius 3 is 2.92 bits per heavy atom. The predicted molar refractivity (Wildman–Crippen MR) is 48.3 cm³/mol. The van der Waals surface area contributed by atoms with E-state index < -0.39 is 5.97 Å². The summed E-state index contributed by atoms with van der Waals surface area (Å²) in [5.41, 5.74) is 0. The molecule has 0 aromatic heterocycles. The second-order valence-electron chi connectivity index (χ2n) is 3.21. The quantitative estimate of drug-likeness (QED) is 0.634. The first kappa shape index (κ1) is 10.1. The number of hydrogen-bond acceptors (Lipinski definition) is 3. The third-order valence-corrected chi connectivity index (χ3v) is 2.28. The number of methoxy groups -OCH3 is 1. The SMILES string of the molecule is COC1CCC(N/C=C/C(=O)O)C1. The molecule has 1 aliphatic carbocycles. The third-order valence-electron chi connectivity index (χ3n) is 2.28. The van der Waals surface area contributed by atoms with Gasteiger partial charge in [-0.05, 0) is 19.3 Å². The number of aliphatic carboxylic acids is 1. The molecule has 4 nitrogen and oxygen atoms in total. The van der Waals surface area contributed by atoms with Crippen LogP contribution in [0.15, 0.2) is 12.3 Å². The van der Waals surface area contributed by atoms with E-state index in [4.69, 9.17) is 9.84 Å². The van der Waals surface area contributed by atoms with Crippen LogP contribution < -0.4 is 5.32 Å². The second kappa shape index (κ2) is 4.87. The Hall–Kier alpha value is -1.03. The highest BCUT2D eigenvalue weighted by atomic mass is 16.5. The van der Waals surface area contributed by atoms with Crippen LogP contribution >= 0.6 is 0 Å². The summed E-state index contributed by atoms with van der Waals surface area (Å²) in [6.45, 7) is 0. The van der Waals surface area contributed by atoms with E-state index in [-0.39, 0.29) is 0 Å². The number of hydrogen-bond donors (Lipinski definition) is 2. The minimum atomic E-state index is -0.922. The van der Waals surface area contributed by atoms with E-state index in [1.807, 2.05) is 0 Å². The van der Waals surface area contributed by atoms with E-state index >= 15 is 0 Å². The zero-order valence-corrected chi connectivity index (χ0v) is 7.69. The largest absolute Gasteiger partial charge is 0.478 e. The van der Waals surface area contributed by atoms with E-state index in [2.05, 4.69) is 5.32 Å². The van der Waals surface area contributed by atoms with Crippen LogP contribution in [-0.2, 0) is 9.53 Å². The summed E-state index contributed by atoms with van der Waals surface area (Å²) < 4.78 is 5.19. The molecule has 0 spiro atoms. The van der Waals surface area contributed by atoms with Gasteiger partial charge in [-0.3, -0.25) is 0 Å². The topological polar surface area (TPSA) is 58.6 Å². The molecule has 0 aliphatic heterocycles. The number of ether oxygens (including phenoxy) is 1. The summed E-state index contributed by atoms with van der Waals surface area (Å²) in [5.74, 6) is -0.922. The molecule has 0 aromatic rings. The highest BCUT2D eigenvalue weighted by molar-refractivity contribution is 5.79. The molecule has 1 aliphatic rings. The molecule has 0 aromatic carbocycles. The molecular formula is C9H15NO3. The van der Waals surface area contributed by atoms with Crippen LogP contribution in [0.1, 0.15) is 19.3 Å². The number of carboxylic acids is 1. The van der Waals surface area contributed by atoms with E-state index in [9.17, 15) is 4.79 Å². The molecule has 1 fully saturated rings.